The normalized spacial score (nSPS) is 24.6. The van der Waals surface area contributed by atoms with Crippen LogP contribution in [0.5, 0.6) is 0 Å². The lowest BCUT2D eigenvalue weighted by Gasteiger charge is -2.28. The van der Waals surface area contributed by atoms with Crippen molar-refractivity contribution in [3.05, 3.63) is 23.5 Å². The highest BCUT2D eigenvalue weighted by Crippen LogP contribution is 2.29. The highest BCUT2D eigenvalue weighted by Gasteiger charge is 2.21. The molecule has 3 nitrogen and oxygen atoms in total. The Morgan fingerprint density at radius 3 is 2.88 bits per heavy atom. The molecule has 1 aliphatic carbocycles. The van der Waals surface area contributed by atoms with Crippen LogP contribution in [-0.2, 0) is 4.74 Å². The molecule has 1 N–H and O–H groups in total. The number of anilines is 1. The van der Waals surface area contributed by atoms with Gasteiger partial charge in [-0.1, -0.05) is 0 Å². The summed E-state index contributed by atoms with van der Waals surface area (Å²) in [6.45, 7) is 3.83. The van der Waals surface area contributed by atoms with E-state index in [1.54, 1.807) is 0 Å². The van der Waals surface area contributed by atoms with Gasteiger partial charge in [0.05, 0.1) is 18.0 Å². The Hall–Kier alpha value is -1.09. The number of hydrogen-bond donors (Lipinski definition) is 1. The third kappa shape index (κ3) is 2.29. The molecule has 0 aromatic carbocycles. The molecule has 2 fully saturated rings. The average Bonchev–Trinajstić information content (AvgIpc) is 2.79. The maximum absolute atomic E-state index is 5.45. The predicted molar refractivity (Wildman–Crippen MR) is 68.4 cm³/mol. The first-order chi connectivity index (χ1) is 8.33. The Bertz CT molecular complexity index is 395. The van der Waals surface area contributed by atoms with Gasteiger partial charge in [0.1, 0.15) is 0 Å². The van der Waals surface area contributed by atoms with Crippen LogP contribution in [0.2, 0.25) is 0 Å². The Kier molecular flexibility index (Phi) is 3.02. The van der Waals surface area contributed by atoms with E-state index in [9.17, 15) is 0 Å². The fraction of sp³-hybridized carbons (Fsp3) is 0.643. The van der Waals surface area contributed by atoms with Gasteiger partial charge in [0.15, 0.2) is 0 Å². The Morgan fingerprint density at radius 2 is 2.24 bits per heavy atom. The minimum atomic E-state index is 0.546. The Balaban J connectivity index is 1.78. The standard InChI is InChI=1S/C14H20N2O/c1-10-14(16-13-3-2-4-13)7-12(8-15-10)11-5-6-17-9-11/h7-8,11,13,16H,2-6,9H2,1H3/t11-/m1/s1. The van der Waals surface area contributed by atoms with Crippen LogP contribution in [0.25, 0.3) is 0 Å². The molecule has 1 saturated carbocycles. The van der Waals surface area contributed by atoms with Crippen molar-refractivity contribution in [2.45, 2.75) is 44.6 Å². The van der Waals surface area contributed by atoms with E-state index in [-0.39, 0.29) is 0 Å². The molecular formula is C14H20N2O. The minimum absolute atomic E-state index is 0.546. The van der Waals surface area contributed by atoms with Crippen molar-refractivity contribution < 1.29 is 4.74 Å². The molecule has 3 heteroatoms. The van der Waals surface area contributed by atoms with Crippen LogP contribution >= 0.6 is 0 Å². The minimum Gasteiger partial charge on any atom is -0.381 e. The van der Waals surface area contributed by atoms with Crippen LogP contribution < -0.4 is 5.32 Å². The molecule has 17 heavy (non-hydrogen) atoms. The van der Waals surface area contributed by atoms with Crippen molar-refractivity contribution in [2.24, 2.45) is 0 Å². The van der Waals surface area contributed by atoms with Crippen molar-refractivity contribution in [1.82, 2.24) is 4.98 Å². The third-order valence-corrected chi connectivity index (χ3v) is 3.97. The molecule has 1 aliphatic heterocycles. The highest BCUT2D eigenvalue weighted by atomic mass is 16.5. The van der Waals surface area contributed by atoms with Gasteiger partial charge in [0, 0.05) is 24.8 Å². The molecular weight excluding hydrogens is 212 g/mol. The average molecular weight is 232 g/mol. The molecule has 2 aliphatic rings. The van der Waals surface area contributed by atoms with Gasteiger partial charge in [-0.25, -0.2) is 0 Å². The topological polar surface area (TPSA) is 34.1 Å². The number of aryl methyl sites for hydroxylation is 1. The number of nitrogens with one attached hydrogen (secondary N) is 1. The van der Waals surface area contributed by atoms with E-state index >= 15 is 0 Å². The quantitative estimate of drug-likeness (QED) is 0.870. The molecule has 0 spiro atoms. The summed E-state index contributed by atoms with van der Waals surface area (Å²) in [4.78, 5) is 4.52. The first-order valence-corrected chi connectivity index (χ1v) is 6.64. The van der Waals surface area contributed by atoms with E-state index in [2.05, 4.69) is 23.3 Å². The van der Waals surface area contributed by atoms with E-state index in [4.69, 9.17) is 4.74 Å². The molecule has 0 radical (unpaired) electrons. The molecule has 3 rings (SSSR count). The summed E-state index contributed by atoms with van der Waals surface area (Å²) in [6.07, 6.45) is 7.11. The fourth-order valence-electron chi connectivity index (χ4n) is 2.49. The molecule has 0 bridgehead atoms. The molecule has 0 amide bonds. The summed E-state index contributed by atoms with van der Waals surface area (Å²) in [5.41, 5.74) is 3.66. The number of hydrogen-bond acceptors (Lipinski definition) is 3. The van der Waals surface area contributed by atoms with E-state index < -0.39 is 0 Å². The van der Waals surface area contributed by atoms with Crippen LogP contribution in [0.15, 0.2) is 12.3 Å². The second-order valence-electron chi connectivity index (χ2n) is 5.23. The van der Waals surface area contributed by atoms with Crippen molar-refractivity contribution >= 4 is 5.69 Å². The first kappa shape index (κ1) is 11.0. The van der Waals surface area contributed by atoms with Gasteiger partial charge in [0.2, 0.25) is 0 Å². The second-order valence-corrected chi connectivity index (χ2v) is 5.23. The molecule has 1 atom stereocenters. The van der Waals surface area contributed by atoms with Gasteiger partial charge < -0.3 is 10.1 Å². The van der Waals surface area contributed by atoms with Crippen LogP contribution in [0.3, 0.4) is 0 Å². The zero-order valence-corrected chi connectivity index (χ0v) is 10.4. The summed E-state index contributed by atoms with van der Waals surface area (Å²) < 4.78 is 5.45. The lowest BCUT2D eigenvalue weighted by Crippen LogP contribution is -2.27. The summed E-state index contributed by atoms with van der Waals surface area (Å²) in [5.74, 6) is 0.546. The number of rotatable bonds is 3. The molecule has 0 unspecified atom stereocenters. The summed E-state index contributed by atoms with van der Waals surface area (Å²) in [7, 11) is 0. The number of aromatic nitrogens is 1. The first-order valence-electron chi connectivity index (χ1n) is 6.64. The van der Waals surface area contributed by atoms with E-state index in [1.807, 2.05) is 6.20 Å². The van der Waals surface area contributed by atoms with Crippen LogP contribution in [0, 0.1) is 6.92 Å². The molecule has 1 saturated heterocycles. The summed E-state index contributed by atoms with van der Waals surface area (Å²) >= 11 is 0. The smallest absolute Gasteiger partial charge is 0.0604 e. The molecule has 92 valence electrons. The van der Waals surface area contributed by atoms with Crippen LogP contribution in [0.4, 0.5) is 5.69 Å². The van der Waals surface area contributed by atoms with Crippen molar-refractivity contribution in [3.63, 3.8) is 0 Å². The lowest BCUT2D eigenvalue weighted by atomic mass is 9.92. The maximum Gasteiger partial charge on any atom is 0.0604 e. The highest BCUT2D eigenvalue weighted by molar-refractivity contribution is 5.50. The van der Waals surface area contributed by atoms with Gasteiger partial charge in [-0.15, -0.1) is 0 Å². The summed E-state index contributed by atoms with van der Waals surface area (Å²) in [6, 6.07) is 2.95. The largest absolute Gasteiger partial charge is 0.381 e. The SMILES string of the molecule is Cc1ncc([C@@H]2CCOC2)cc1NC1CCC1. The number of pyridine rings is 1. The Morgan fingerprint density at radius 1 is 1.35 bits per heavy atom. The van der Waals surface area contributed by atoms with Crippen molar-refractivity contribution in [1.29, 1.82) is 0 Å². The van der Waals surface area contributed by atoms with Crippen molar-refractivity contribution in [3.8, 4) is 0 Å². The van der Waals surface area contributed by atoms with Gasteiger partial charge in [-0.3, -0.25) is 4.98 Å². The zero-order chi connectivity index (χ0) is 11.7. The molecule has 1 aromatic rings. The monoisotopic (exact) mass is 232 g/mol. The van der Waals surface area contributed by atoms with E-state index in [0.29, 0.717) is 12.0 Å². The molecule has 2 heterocycles. The van der Waals surface area contributed by atoms with E-state index in [0.717, 1.165) is 25.3 Å². The summed E-state index contributed by atoms with van der Waals surface area (Å²) in [5, 5.41) is 3.61. The van der Waals surface area contributed by atoms with Gasteiger partial charge in [-0.2, -0.15) is 0 Å². The van der Waals surface area contributed by atoms with Crippen LogP contribution in [-0.4, -0.2) is 24.2 Å². The van der Waals surface area contributed by atoms with Gasteiger partial charge in [0.25, 0.3) is 0 Å². The zero-order valence-electron chi connectivity index (χ0n) is 10.4. The van der Waals surface area contributed by atoms with Gasteiger partial charge >= 0.3 is 0 Å². The number of nitrogens with zero attached hydrogens (tertiary/aromatic N) is 1. The number of ether oxygens (including phenoxy) is 1. The third-order valence-electron chi connectivity index (χ3n) is 3.97. The molecule has 1 aromatic heterocycles. The van der Waals surface area contributed by atoms with E-state index in [1.165, 1.54) is 30.5 Å². The van der Waals surface area contributed by atoms with Crippen molar-refractivity contribution in [2.75, 3.05) is 18.5 Å². The fourth-order valence-corrected chi connectivity index (χ4v) is 2.49. The lowest BCUT2D eigenvalue weighted by molar-refractivity contribution is 0.194. The Labute approximate surface area is 103 Å². The maximum atomic E-state index is 5.45. The van der Waals surface area contributed by atoms with Gasteiger partial charge in [-0.05, 0) is 44.2 Å². The van der Waals surface area contributed by atoms with Crippen LogP contribution in [0.1, 0.15) is 42.9 Å². The predicted octanol–water partition coefficient (Wildman–Crippen LogP) is 2.86. The second kappa shape index (κ2) is 4.65.